The topological polar surface area (TPSA) is 139 Å². The van der Waals surface area contributed by atoms with Gasteiger partial charge in [-0.15, -0.1) is 0 Å². The summed E-state index contributed by atoms with van der Waals surface area (Å²) in [6, 6.07) is 10.7. The number of H-pyrrole nitrogens is 1. The summed E-state index contributed by atoms with van der Waals surface area (Å²) in [7, 11) is 0. The van der Waals surface area contributed by atoms with Crippen LogP contribution in [0.5, 0.6) is 0 Å². The predicted octanol–water partition coefficient (Wildman–Crippen LogP) is 3.23. The number of hydrogen-bond acceptors (Lipinski definition) is 4. The molecule has 1 unspecified atom stereocenters. The number of amides is 3. The summed E-state index contributed by atoms with van der Waals surface area (Å²) in [6.45, 7) is 5.50. The second-order valence-electron chi connectivity index (χ2n) is 10.4. The van der Waals surface area contributed by atoms with Crippen LogP contribution in [0.15, 0.2) is 48.6 Å². The van der Waals surface area contributed by atoms with Crippen molar-refractivity contribution in [2.45, 2.75) is 71.0 Å². The smallest absolute Gasteiger partial charge is 0.243 e. The fraction of sp³-hybridized carbons (Fsp3) is 0.400. The first-order valence-electron chi connectivity index (χ1n) is 13.5. The van der Waals surface area contributed by atoms with Crippen molar-refractivity contribution < 1.29 is 14.4 Å². The standard InChI is InChI=1S/C30H38N6O3/c1-18-7-4-5-8-21-10-12-25-23(15-21)24-16-22(11-13-26(24)35-25)17-28(34-20(3)37)30(39)36-27(29(38)33-18)9-6-14-32-19(2)31/h4-5,10-13,15-16,18,27-28,35H,6-9,14,17H2,1-3H3,(H2,31,32)(H,33,38)(H,34,37)(H,36,39)/t18-,27-,28?/m1/s1. The molecule has 0 radical (unpaired) electrons. The van der Waals surface area contributed by atoms with Gasteiger partial charge in [0.2, 0.25) is 17.7 Å². The molecule has 1 aliphatic rings. The van der Waals surface area contributed by atoms with Crippen LogP contribution in [0.2, 0.25) is 0 Å². The zero-order valence-electron chi connectivity index (χ0n) is 22.8. The number of carbonyl (C=O) groups excluding carboxylic acids is 3. The molecule has 4 rings (SSSR count). The highest BCUT2D eigenvalue weighted by atomic mass is 16.2. The minimum atomic E-state index is -0.836. The molecule has 1 aliphatic heterocycles. The Kier molecular flexibility index (Phi) is 9.01. The third-order valence-corrected chi connectivity index (χ3v) is 6.95. The third-order valence-electron chi connectivity index (χ3n) is 6.95. The Balaban J connectivity index is 1.67. The lowest BCUT2D eigenvalue weighted by Crippen LogP contribution is -2.55. The van der Waals surface area contributed by atoms with Crippen molar-refractivity contribution in [3.8, 4) is 0 Å². The molecule has 39 heavy (non-hydrogen) atoms. The lowest BCUT2D eigenvalue weighted by molar-refractivity contribution is -0.132. The van der Waals surface area contributed by atoms with Crippen LogP contribution in [0.1, 0.15) is 51.2 Å². The van der Waals surface area contributed by atoms with E-state index in [-0.39, 0.29) is 24.3 Å². The van der Waals surface area contributed by atoms with Crippen LogP contribution in [0.4, 0.5) is 0 Å². The molecule has 2 heterocycles. The summed E-state index contributed by atoms with van der Waals surface area (Å²) >= 11 is 0. The maximum atomic E-state index is 13.5. The van der Waals surface area contributed by atoms with Gasteiger partial charge >= 0.3 is 0 Å². The Bertz CT molecular complexity index is 1410. The van der Waals surface area contributed by atoms with Crippen LogP contribution < -0.4 is 21.3 Å². The molecule has 1 aromatic heterocycles. The predicted molar refractivity (Wildman–Crippen MR) is 155 cm³/mol. The van der Waals surface area contributed by atoms with Gasteiger partial charge in [-0.3, -0.25) is 19.8 Å². The molecule has 3 atom stereocenters. The van der Waals surface area contributed by atoms with Crippen LogP contribution >= 0.6 is 0 Å². The summed E-state index contributed by atoms with van der Waals surface area (Å²) < 4.78 is 0. The van der Waals surface area contributed by atoms with Gasteiger partial charge in [-0.2, -0.15) is 0 Å². The van der Waals surface area contributed by atoms with Crippen molar-refractivity contribution in [2.75, 3.05) is 6.54 Å². The van der Waals surface area contributed by atoms with E-state index in [9.17, 15) is 14.4 Å². The summed E-state index contributed by atoms with van der Waals surface area (Å²) in [5, 5.41) is 21.4. The monoisotopic (exact) mass is 530 g/mol. The van der Waals surface area contributed by atoms with Crippen LogP contribution in [0.25, 0.3) is 21.8 Å². The Morgan fingerprint density at radius 2 is 1.67 bits per heavy atom. The molecule has 3 aromatic rings. The van der Waals surface area contributed by atoms with Gasteiger partial charge in [0.25, 0.3) is 0 Å². The quantitative estimate of drug-likeness (QED) is 0.130. The van der Waals surface area contributed by atoms with Crippen molar-refractivity contribution in [1.82, 2.24) is 26.3 Å². The third kappa shape index (κ3) is 7.46. The number of aromatic amines is 1. The average molecular weight is 531 g/mol. The summed E-state index contributed by atoms with van der Waals surface area (Å²) in [6.07, 6.45) is 6.91. The number of carbonyl (C=O) groups is 3. The number of fused-ring (bicyclic) bond motifs is 2. The van der Waals surface area contributed by atoms with Crippen molar-refractivity contribution in [2.24, 2.45) is 0 Å². The molecule has 0 saturated carbocycles. The molecule has 0 fully saturated rings. The van der Waals surface area contributed by atoms with E-state index < -0.39 is 18.0 Å². The first-order valence-corrected chi connectivity index (χ1v) is 13.5. The first-order chi connectivity index (χ1) is 18.7. The van der Waals surface area contributed by atoms with Crippen molar-refractivity contribution in [3.05, 3.63) is 59.7 Å². The van der Waals surface area contributed by atoms with Gasteiger partial charge in [-0.05, 0) is 74.9 Å². The molecular formula is C30H38N6O3. The van der Waals surface area contributed by atoms with E-state index >= 15 is 0 Å². The summed E-state index contributed by atoms with van der Waals surface area (Å²) in [5.74, 6) is -0.636. The fourth-order valence-electron chi connectivity index (χ4n) is 4.98. The van der Waals surface area contributed by atoms with Gasteiger partial charge in [0.05, 0.1) is 5.84 Å². The minimum Gasteiger partial charge on any atom is -0.374 e. The van der Waals surface area contributed by atoms with Crippen molar-refractivity contribution in [1.29, 1.82) is 5.41 Å². The van der Waals surface area contributed by atoms with E-state index in [2.05, 4.69) is 62.7 Å². The molecule has 206 valence electrons. The molecule has 0 spiro atoms. The van der Waals surface area contributed by atoms with Crippen LogP contribution in [0, 0.1) is 5.41 Å². The Morgan fingerprint density at radius 1 is 0.974 bits per heavy atom. The molecular weight excluding hydrogens is 492 g/mol. The average Bonchev–Trinajstić information content (AvgIpc) is 3.24. The molecule has 6 N–H and O–H groups in total. The van der Waals surface area contributed by atoms with E-state index in [1.165, 1.54) is 12.5 Å². The normalized spacial score (nSPS) is 20.5. The van der Waals surface area contributed by atoms with Gasteiger partial charge in [0.15, 0.2) is 0 Å². The number of nitrogens with one attached hydrogen (secondary N) is 6. The largest absolute Gasteiger partial charge is 0.374 e. The van der Waals surface area contributed by atoms with Crippen molar-refractivity contribution in [3.63, 3.8) is 0 Å². The van der Waals surface area contributed by atoms with Gasteiger partial charge < -0.3 is 26.3 Å². The molecule has 2 aromatic carbocycles. The van der Waals surface area contributed by atoms with Crippen LogP contribution in [0.3, 0.4) is 0 Å². The number of benzene rings is 2. The molecule has 9 nitrogen and oxygen atoms in total. The van der Waals surface area contributed by atoms with Crippen LogP contribution in [-0.2, 0) is 27.2 Å². The SMILES string of the molecule is CC(=N)NCCC[C@H]1NC(=O)C(NC(C)=O)Cc2ccc3[nH]c4ccc(cc4c3c2)CC=CC[C@@H](C)NC1=O. The van der Waals surface area contributed by atoms with Gasteiger partial charge in [-0.25, -0.2) is 0 Å². The number of amidine groups is 1. The Morgan fingerprint density at radius 3 is 2.36 bits per heavy atom. The highest BCUT2D eigenvalue weighted by molar-refractivity contribution is 6.07. The van der Waals surface area contributed by atoms with Crippen LogP contribution in [-0.4, -0.2) is 53.2 Å². The molecule has 3 amide bonds. The summed E-state index contributed by atoms with van der Waals surface area (Å²) in [5.41, 5.74) is 4.15. The number of hydrogen-bond donors (Lipinski definition) is 6. The maximum Gasteiger partial charge on any atom is 0.243 e. The second-order valence-corrected chi connectivity index (χ2v) is 10.4. The Hall–Kier alpha value is -4.14. The van der Waals surface area contributed by atoms with E-state index in [0.717, 1.165) is 33.8 Å². The van der Waals surface area contributed by atoms with Gasteiger partial charge in [0, 0.05) is 47.7 Å². The number of rotatable bonds is 5. The fourth-order valence-corrected chi connectivity index (χ4v) is 4.98. The Labute approximate surface area is 228 Å². The molecule has 9 heteroatoms. The minimum absolute atomic E-state index is 0.119. The highest BCUT2D eigenvalue weighted by Crippen LogP contribution is 2.28. The van der Waals surface area contributed by atoms with Crippen molar-refractivity contribution >= 4 is 45.4 Å². The van der Waals surface area contributed by atoms with E-state index in [4.69, 9.17) is 5.41 Å². The molecule has 4 bridgehead atoms. The van der Waals surface area contributed by atoms with Gasteiger partial charge in [0.1, 0.15) is 12.1 Å². The van der Waals surface area contributed by atoms with Gasteiger partial charge in [-0.1, -0.05) is 24.3 Å². The van der Waals surface area contributed by atoms with E-state index in [1.54, 1.807) is 6.92 Å². The second kappa shape index (κ2) is 12.6. The molecule has 0 saturated heterocycles. The van der Waals surface area contributed by atoms with E-state index in [1.807, 2.05) is 19.1 Å². The zero-order chi connectivity index (χ0) is 27.9. The van der Waals surface area contributed by atoms with E-state index in [0.29, 0.717) is 31.6 Å². The molecule has 0 aliphatic carbocycles. The first kappa shape index (κ1) is 27.9. The lowest BCUT2D eigenvalue weighted by Gasteiger charge is -2.24. The highest BCUT2D eigenvalue weighted by Gasteiger charge is 2.27. The zero-order valence-corrected chi connectivity index (χ0v) is 22.8. The maximum absolute atomic E-state index is 13.5. The number of allylic oxidation sites excluding steroid dienone is 1. The summed E-state index contributed by atoms with van der Waals surface area (Å²) in [4.78, 5) is 42.2. The number of aromatic nitrogens is 1. The lowest BCUT2D eigenvalue weighted by atomic mass is 10.0.